The molecule has 1 fully saturated rings. The molecule has 1 aromatic rings. The molecule has 108 valence electrons. The van der Waals surface area contributed by atoms with Crippen LogP contribution in [-0.4, -0.2) is 35.0 Å². The first-order valence-electron chi connectivity index (χ1n) is 6.97. The molecular formula is C16H21NO3. The second-order valence-corrected chi connectivity index (χ2v) is 5.90. The van der Waals surface area contributed by atoms with E-state index in [1.807, 2.05) is 39.0 Å². The minimum Gasteiger partial charge on any atom is -0.481 e. The number of hydrogen-bond donors (Lipinski definition) is 1. The molecule has 2 rings (SSSR count). The molecular weight excluding hydrogens is 254 g/mol. The zero-order valence-electron chi connectivity index (χ0n) is 12.2. The zero-order chi connectivity index (χ0) is 14.9. The van der Waals surface area contributed by atoms with E-state index in [1.54, 1.807) is 4.90 Å². The Morgan fingerprint density at radius 3 is 2.60 bits per heavy atom. The van der Waals surface area contributed by atoms with Crippen LogP contribution < -0.4 is 0 Å². The van der Waals surface area contributed by atoms with E-state index in [4.69, 9.17) is 0 Å². The van der Waals surface area contributed by atoms with Crippen LogP contribution in [0, 0.1) is 25.7 Å². The summed E-state index contributed by atoms with van der Waals surface area (Å²) in [6.45, 7) is 6.81. The maximum absolute atomic E-state index is 12.6. The van der Waals surface area contributed by atoms with Crippen molar-refractivity contribution in [3.05, 3.63) is 34.9 Å². The van der Waals surface area contributed by atoms with Crippen LogP contribution in [0.3, 0.4) is 0 Å². The fourth-order valence-corrected chi connectivity index (χ4v) is 2.83. The van der Waals surface area contributed by atoms with Gasteiger partial charge in [0.05, 0.1) is 5.92 Å². The lowest BCUT2D eigenvalue weighted by Gasteiger charge is -2.35. The molecule has 1 aliphatic rings. The first kappa shape index (κ1) is 14.6. The van der Waals surface area contributed by atoms with Crippen molar-refractivity contribution in [3.63, 3.8) is 0 Å². The summed E-state index contributed by atoms with van der Waals surface area (Å²) in [5, 5.41) is 9.19. The molecule has 0 aliphatic carbocycles. The van der Waals surface area contributed by atoms with Crippen molar-refractivity contribution in [3.8, 4) is 0 Å². The number of likely N-dealkylation sites (tertiary alicyclic amines) is 1. The topological polar surface area (TPSA) is 57.6 Å². The normalized spacial score (nSPS) is 22.6. The number of aryl methyl sites for hydroxylation is 2. The number of carboxylic acid groups (broad SMARTS) is 1. The van der Waals surface area contributed by atoms with Gasteiger partial charge in [0.1, 0.15) is 0 Å². The number of hydrogen-bond acceptors (Lipinski definition) is 2. The minimum absolute atomic E-state index is 0.0519. The van der Waals surface area contributed by atoms with Gasteiger partial charge in [0.2, 0.25) is 0 Å². The summed E-state index contributed by atoms with van der Waals surface area (Å²) >= 11 is 0. The Labute approximate surface area is 119 Å². The van der Waals surface area contributed by atoms with Crippen molar-refractivity contribution >= 4 is 11.9 Å². The van der Waals surface area contributed by atoms with Gasteiger partial charge in [-0.05, 0) is 37.8 Å². The number of carbonyl (C=O) groups excluding carboxylic acids is 1. The van der Waals surface area contributed by atoms with Crippen molar-refractivity contribution in [1.82, 2.24) is 4.90 Å². The number of benzene rings is 1. The minimum atomic E-state index is -0.810. The molecule has 0 bridgehead atoms. The van der Waals surface area contributed by atoms with Gasteiger partial charge < -0.3 is 10.0 Å². The maximum Gasteiger partial charge on any atom is 0.308 e. The molecule has 0 radical (unpaired) electrons. The van der Waals surface area contributed by atoms with Gasteiger partial charge in [-0.1, -0.05) is 24.6 Å². The van der Waals surface area contributed by atoms with Crippen molar-refractivity contribution in [2.45, 2.75) is 27.2 Å². The molecule has 1 aromatic carbocycles. The quantitative estimate of drug-likeness (QED) is 0.902. The highest BCUT2D eigenvalue weighted by molar-refractivity contribution is 5.96. The van der Waals surface area contributed by atoms with E-state index in [0.717, 1.165) is 11.1 Å². The molecule has 0 spiro atoms. The summed E-state index contributed by atoms with van der Waals surface area (Å²) in [5.74, 6) is -1.09. The van der Waals surface area contributed by atoms with Gasteiger partial charge in [0.25, 0.3) is 5.91 Å². The Morgan fingerprint density at radius 2 is 1.95 bits per heavy atom. The second kappa shape index (κ2) is 5.65. The molecule has 4 nitrogen and oxygen atoms in total. The van der Waals surface area contributed by atoms with E-state index in [2.05, 4.69) is 0 Å². The number of carbonyl (C=O) groups is 2. The SMILES string of the molecule is Cc1ccc(C)c(C(=O)N2CC(C)CC(C(=O)O)C2)c1. The Bertz CT molecular complexity index is 539. The van der Waals surface area contributed by atoms with Gasteiger partial charge in [-0.3, -0.25) is 9.59 Å². The van der Waals surface area contributed by atoms with E-state index in [9.17, 15) is 14.7 Å². The van der Waals surface area contributed by atoms with Crippen LogP contribution in [0.1, 0.15) is 34.8 Å². The lowest BCUT2D eigenvalue weighted by Crippen LogP contribution is -2.45. The van der Waals surface area contributed by atoms with Crippen LogP contribution in [0.4, 0.5) is 0 Å². The summed E-state index contributed by atoms with van der Waals surface area (Å²) in [7, 11) is 0. The Morgan fingerprint density at radius 1 is 1.25 bits per heavy atom. The Hall–Kier alpha value is -1.84. The van der Waals surface area contributed by atoms with Crippen molar-refractivity contribution in [2.75, 3.05) is 13.1 Å². The number of aliphatic carboxylic acids is 1. The largest absolute Gasteiger partial charge is 0.481 e. The highest BCUT2D eigenvalue weighted by Gasteiger charge is 2.32. The first-order chi connectivity index (χ1) is 9.38. The van der Waals surface area contributed by atoms with Gasteiger partial charge in [-0.15, -0.1) is 0 Å². The van der Waals surface area contributed by atoms with Crippen LogP contribution in [0.2, 0.25) is 0 Å². The lowest BCUT2D eigenvalue weighted by molar-refractivity contribution is -0.143. The number of amides is 1. The lowest BCUT2D eigenvalue weighted by atomic mass is 9.90. The number of rotatable bonds is 2. The van der Waals surface area contributed by atoms with Gasteiger partial charge in [0.15, 0.2) is 0 Å². The van der Waals surface area contributed by atoms with Gasteiger partial charge in [-0.2, -0.15) is 0 Å². The molecule has 20 heavy (non-hydrogen) atoms. The van der Waals surface area contributed by atoms with Gasteiger partial charge in [0, 0.05) is 18.7 Å². The summed E-state index contributed by atoms with van der Waals surface area (Å²) in [5.41, 5.74) is 2.66. The van der Waals surface area contributed by atoms with Crippen LogP contribution in [0.25, 0.3) is 0 Å². The van der Waals surface area contributed by atoms with E-state index >= 15 is 0 Å². The average molecular weight is 275 g/mol. The number of carboxylic acids is 1. The molecule has 1 saturated heterocycles. The van der Waals surface area contributed by atoms with Crippen molar-refractivity contribution < 1.29 is 14.7 Å². The summed E-state index contributed by atoms with van der Waals surface area (Å²) in [4.78, 5) is 25.5. The molecule has 1 aliphatic heterocycles. The third kappa shape index (κ3) is 3.00. The van der Waals surface area contributed by atoms with Crippen molar-refractivity contribution in [2.24, 2.45) is 11.8 Å². The average Bonchev–Trinajstić information content (AvgIpc) is 2.40. The van der Waals surface area contributed by atoms with Crippen molar-refractivity contribution in [1.29, 1.82) is 0 Å². The molecule has 2 atom stereocenters. The molecule has 4 heteroatoms. The maximum atomic E-state index is 12.6. The van der Waals surface area contributed by atoms with Crippen LogP contribution in [0.5, 0.6) is 0 Å². The van der Waals surface area contributed by atoms with E-state index in [-0.39, 0.29) is 11.8 Å². The summed E-state index contributed by atoms with van der Waals surface area (Å²) in [6, 6.07) is 5.79. The third-order valence-corrected chi connectivity index (χ3v) is 3.92. The smallest absolute Gasteiger partial charge is 0.308 e. The predicted molar refractivity (Wildman–Crippen MR) is 76.7 cm³/mol. The highest BCUT2D eigenvalue weighted by atomic mass is 16.4. The Balaban J connectivity index is 2.23. The van der Waals surface area contributed by atoms with E-state index < -0.39 is 11.9 Å². The molecule has 0 aromatic heterocycles. The van der Waals surface area contributed by atoms with Crippen LogP contribution in [0.15, 0.2) is 18.2 Å². The Kier molecular flexibility index (Phi) is 4.12. The third-order valence-electron chi connectivity index (χ3n) is 3.92. The summed E-state index contributed by atoms with van der Waals surface area (Å²) < 4.78 is 0. The highest BCUT2D eigenvalue weighted by Crippen LogP contribution is 2.24. The number of nitrogens with zero attached hydrogens (tertiary/aromatic N) is 1. The molecule has 0 saturated carbocycles. The monoisotopic (exact) mass is 275 g/mol. The molecule has 1 amide bonds. The van der Waals surface area contributed by atoms with Crippen LogP contribution in [-0.2, 0) is 4.79 Å². The zero-order valence-corrected chi connectivity index (χ0v) is 12.2. The summed E-state index contributed by atoms with van der Waals surface area (Å²) in [6.07, 6.45) is 0.645. The van der Waals surface area contributed by atoms with E-state index in [1.165, 1.54) is 0 Å². The molecule has 1 N–H and O–H groups in total. The number of piperidine rings is 1. The van der Waals surface area contributed by atoms with Gasteiger partial charge >= 0.3 is 5.97 Å². The molecule has 2 unspecified atom stereocenters. The predicted octanol–water partition coefficient (Wildman–Crippen LogP) is 2.49. The standard InChI is InChI=1S/C16H21NO3/c1-10-4-5-12(3)14(7-10)15(18)17-8-11(2)6-13(9-17)16(19)20/h4-5,7,11,13H,6,8-9H2,1-3H3,(H,19,20). The second-order valence-electron chi connectivity index (χ2n) is 5.90. The van der Waals surface area contributed by atoms with Gasteiger partial charge in [-0.25, -0.2) is 0 Å². The van der Waals surface area contributed by atoms with E-state index in [0.29, 0.717) is 25.1 Å². The molecule has 1 heterocycles. The fraction of sp³-hybridized carbons (Fsp3) is 0.500. The fourth-order valence-electron chi connectivity index (χ4n) is 2.83. The first-order valence-corrected chi connectivity index (χ1v) is 6.97. The van der Waals surface area contributed by atoms with Crippen LogP contribution >= 0.6 is 0 Å².